The molecule has 0 amide bonds. The number of esters is 1. The van der Waals surface area contributed by atoms with Gasteiger partial charge in [-0.2, -0.15) is 0 Å². The summed E-state index contributed by atoms with van der Waals surface area (Å²) in [6.07, 6.45) is 1.14. The first-order valence-electron chi connectivity index (χ1n) is 6.62. The first-order valence-corrected chi connectivity index (χ1v) is 6.62. The van der Waals surface area contributed by atoms with E-state index in [9.17, 15) is 14.4 Å². The largest absolute Gasteiger partial charge is 0.460 e. The molecule has 21 heavy (non-hydrogen) atoms. The van der Waals surface area contributed by atoms with Gasteiger partial charge in [-0.3, -0.25) is 9.59 Å². The van der Waals surface area contributed by atoms with Crippen LogP contribution in [0.5, 0.6) is 0 Å². The van der Waals surface area contributed by atoms with E-state index in [0.717, 1.165) is 0 Å². The van der Waals surface area contributed by atoms with Crippen LogP contribution in [-0.2, 0) is 19.1 Å². The highest BCUT2D eigenvalue weighted by atomic mass is 16.5. The molecule has 0 saturated heterocycles. The summed E-state index contributed by atoms with van der Waals surface area (Å²) in [6.45, 7) is 1.71. The Hall–Kier alpha value is -2.43. The van der Waals surface area contributed by atoms with Crippen molar-refractivity contribution in [3.8, 4) is 0 Å². The van der Waals surface area contributed by atoms with E-state index < -0.39 is 24.0 Å². The van der Waals surface area contributed by atoms with Gasteiger partial charge in [0.1, 0.15) is 0 Å². The lowest BCUT2D eigenvalue weighted by Gasteiger charge is -2.11. The summed E-state index contributed by atoms with van der Waals surface area (Å²) in [5, 5.41) is 0. The summed E-state index contributed by atoms with van der Waals surface area (Å²) in [5.41, 5.74) is 1.09. The van der Waals surface area contributed by atoms with Gasteiger partial charge in [0.2, 0.25) is 5.78 Å². The van der Waals surface area contributed by atoms with Crippen molar-refractivity contribution in [3.05, 3.63) is 42.1 Å². The number of hydrogen-bond acceptors (Lipinski definition) is 5. The Morgan fingerprint density at radius 3 is 2.24 bits per heavy atom. The van der Waals surface area contributed by atoms with Gasteiger partial charge in [-0.25, -0.2) is 4.79 Å². The molecule has 1 aromatic rings. The summed E-state index contributed by atoms with van der Waals surface area (Å²) >= 11 is 0. The lowest BCUT2D eigenvalue weighted by atomic mass is 9.99. The smallest absolute Gasteiger partial charge is 0.375 e. The van der Waals surface area contributed by atoms with Crippen LogP contribution < -0.4 is 0 Å². The molecule has 0 unspecified atom stereocenters. The number of Topliss-reactive ketones (excluding diaryl/α,β-unsaturated/α-hetero) is 2. The average Bonchev–Trinajstić information content (AvgIpc) is 2.45. The average molecular weight is 289 g/mol. The van der Waals surface area contributed by atoms with Gasteiger partial charge in [-0.05, 0) is 12.5 Å². The van der Waals surface area contributed by atoms with Crippen LogP contribution in [0.25, 0.3) is 5.57 Å². The third kappa shape index (κ3) is 5.22. The van der Waals surface area contributed by atoms with Crippen LogP contribution in [0.2, 0.25) is 0 Å². The molecule has 0 fully saturated rings. The highest BCUT2D eigenvalue weighted by Crippen LogP contribution is 2.17. The van der Waals surface area contributed by atoms with E-state index in [1.54, 1.807) is 56.4 Å². The fourth-order valence-electron chi connectivity index (χ4n) is 1.71. The molecule has 5 heteroatoms. The number of carbonyl (C=O) groups excluding carboxylic acids is 3. The number of rotatable bonds is 7. The van der Waals surface area contributed by atoms with Crippen LogP contribution in [-0.4, -0.2) is 43.1 Å². The fourth-order valence-corrected chi connectivity index (χ4v) is 1.71. The second-order valence-electron chi connectivity index (χ2n) is 4.62. The lowest BCUT2D eigenvalue weighted by molar-refractivity contribution is -0.154. The zero-order chi connectivity index (χ0) is 15.8. The minimum Gasteiger partial charge on any atom is -0.460 e. The second kappa shape index (κ2) is 7.99. The molecule has 0 aromatic heterocycles. The number of allylic oxidation sites excluding steroid dienone is 1. The maximum absolute atomic E-state index is 12.3. The van der Waals surface area contributed by atoms with E-state index in [4.69, 9.17) is 0 Å². The summed E-state index contributed by atoms with van der Waals surface area (Å²) in [4.78, 5) is 36.9. The molecule has 5 nitrogen and oxygen atoms in total. The number of hydrogen-bond donors (Lipinski definition) is 0. The summed E-state index contributed by atoms with van der Waals surface area (Å²) < 4.78 is 4.60. The SMILES string of the molecule is CCOC(=O)C(=O)CC(=O)C(=CN(C)C)c1ccccc1. The van der Waals surface area contributed by atoms with E-state index in [2.05, 4.69) is 4.74 Å². The van der Waals surface area contributed by atoms with E-state index in [0.29, 0.717) is 11.1 Å². The van der Waals surface area contributed by atoms with Gasteiger partial charge in [-0.1, -0.05) is 30.3 Å². The molecule has 0 N–H and O–H groups in total. The maximum atomic E-state index is 12.3. The highest BCUT2D eigenvalue weighted by Gasteiger charge is 2.22. The van der Waals surface area contributed by atoms with E-state index in [1.807, 2.05) is 6.07 Å². The molecule has 1 aromatic carbocycles. The molecule has 0 spiro atoms. The number of nitrogens with zero attached hydrogens (tertiary/aromatic N) is 1. The Balaban J connectivity index is 2.93. The number of carbonyl (C=O) groups is 3. The molecular weight excluding hydrogens is 270 g/mol. The number of benzene rings is 1. The van der Waals surface area contributed by atoms with Crippen molar-refractivity contribution >= 4 is 23.1 Å². The van der Waals surface area contributed by atoms with Crippen LogP contribution in [0, 0.1) is 0 Å². The van der Waals surface area contributed by atoms with Crippen LogP contribution in [0.1, 0.15) is 18.9 Å². The first-order chi connectivity index (χ1) is 9.95. The Kier molecular flexibility index (Phi) is 6.33. The molecule has 112 valence electrons. The van der Waals surface area contributed by atoms with Crippen LogP contribution >= 0.6 is 0 Å². The van der Waals surface area contributed by atoms with Gasteiger partial charge in [-0.15, -0.1) is 0 Å². The van der Waals surface area contributed by atoms with Gasteiger partial charge < -0.3 is 9.64 Å². The quantitative estimate of drug-likeness (QED) is 0.331. The molecule has 0 heterocycles. The second-order valence-corrected chi connectivity index (χ2v) is 4.62. The Morgan fingerprint density at radius 1 is 1.10 bits per heavy atom. The van der Waals surface area contributed by atoms with Gasteiger partial charge in [0.25, 0.3) is 0 Å². The van der Waals surface area contributed by atoms with Crippen molar-refractivity contribution in [2.24, 2.45) is 0 Å². The van der Waals surface area contributed by atoms with Crippen LogP contribution in [0.4, 0.5) is 0 Å². The number of ether oxygens (including phenoxy) is 1. The van der Waals surface area contributed by atoms with Crippen LogP contribution in [0.15, 0.2) is 36.5 Å². The van der Waals surface area contributed by atoms with Crippen molar-refractivity contribution < 1.29 is 19.1 Å². The van der Waals surface area contributed by atoms with Crippen LogP contribution in [0.3, 0.4) is 0 Å². The topological polar surface area (TPSA) is 63.7 Å². The number of ketones is 2. The summed E-state index contributed by atoms with van der Waals surface area (Å²) in [6, 6.07) is 9.01. The molecule has 0 atom stereocenters. The standard InChI is InChI=1S/C16H19NO4/c1-4-21-16(20)15(19)10-14(18)13(11-17(2)3)12-8-6-5-7-9-12/h5-9,11H,4,10H2,1-3H3. The van der Waals surface area contributed by atoms with E-state index >= 15 is 0 Å². The van der Waals surface area contributed by atoms with Gasteiger partial charge >= 0.3 is 5.97 Å². The fraction of sp³-hybridized carbons (Fsp3) is 0.312. The molecule has 0 radical (unpaired) electrons. The van der Waals surface area contributed by atoms with Gasteiger partial charge in [0, 0.05) is 25.9 Å². The molecular formula is C16H19NO4. The Bertz CT molecular complexity index is 547. The molecule has 0 aliphatic heterocycles. The van der Waals surface area contributed by atoms with E-state index in [-0.39, 0.29) is 6.61 Å². The zero-order valence-electron chi connectivity index (χ0n) is 12.5. The zero-order valence-corrected chi connectivity index (χ0v) is 12.5. The molecule has 0 saturated carbocycles. The third-order valence-electron chi connectivity index (χ3n) is 2.60. The predicted molar refractivity (Wildman–Crippen MR) is 79.4 cm³/mol. The third-order valence-corrected chi connectivity index (χ3v) is 2.60. The normalized spacial score (nSPS) is 10.9. The van der Waals surface area contributed by atoms with Crippen molar-refractivity contribution in [2.45, 2.75) is 13.3 Å². The Labute approximate surface area is 124 Å². The van der Waals surface area contributed by atoms with Gasteiger partial charge in [0.15, 0.2) is 5.78 Å². The van der Waals surface area contributed by atoms with Crippen molar-refractivity contribution in [2.75, 3.05) is 20.7 Å². The molecule has 1 rings (SSSR count). The monoisotopic (exact) mass is 289 g/mol. The first kappa shape index (κ1) is 16.6. The van der Waals surface area contributed by atoms with Crippen molar-refractivity contribution in [1.29, 1.82) is 0 Å². The summed E-state index contributed by atoms with van der Waals surface area (Å²) in [5.74, 6) is -2.21. The predicted octanol–water partition coefficient (Wildman–Crippen LogP) is 1.68. The molecule has 0 bridgehead atoms. The van der Waals surface area contributed by atoms with Crippen molar-refractivity contribution in [1.82, 2.24) is 4.90 Å². The summed E-state index contributed by atoms with van der Waals surface area (Å²) in [7, 11) is 3.56. The van der Waals surface area contributed by atoms with E-state index in [1.165, 1.54) is 0 Å². The minimum atomic E-state index is -0.969. The Morgan fingerprint density at radius 2 is 1.71 bits per heavy atom. The highest BCUT2D eigenvalue weighted by molar-refractivity contribution is 6.41. The minimum absolute atomic E-state index is 0.109. The maximum Gasteiger partial charge on any atom is 0.375 e. The molecule has 0 aliphatic carbocycles. The van der Waals surface area contributed by atoms with Gasteiger partial charge in [0.05, 0.1) is 13.0 Å². The molecule has 0 aliphatic rings. The van der Waals surface area contributed by atoms with Crippen molar-refractivity contribution in [3.63, 3.8) is 0 Å². The lowest BCUT2D eigenvalue weighted by Crippen LogP contribution is -2.21.